The lowest BCUT2D eigenvalue weighted by Crippen LogP contribution is -2.15. The van der Waals surface area contributed by atoms with Gasteiger partial charge < -0.3 is 9.84 Å². The summed E-state index contributed by atoms with van der Waals surface area (Å²) in [5, 5.41) is 9.85. The summed E-state index contributed by atoms with van der Waals surface area (Å²) in [7, 11) is 0. The molecule has 0 heterocycles. The molecule has 0 aromatic rings. The van der Waals surface area contributed by atoms with Crippen molar-refractivity contribution in [1.29, 1.82) is 0 Å². The zero-order chi connectivity index (χ0) is 11.7. The van der Waals surface area contributed by atoms with Crippen LogP contribution in [-0.4, -0.2) is 23.5 Å². The van der Waals surface area contributed by atoms with Crippen LogP contribution in [0.1, 0.15) is 32.6 Å². The Morgan fingerprint density at radius 2 is 1.94 bits per heavy atom. The van der Waals surface area contributed by atoms with Crippen LogP contribution in [0.25, 0.3) is 0 Å². The predicted molar refractivity (Wildman–Crippen MR) is 56.8 cm³/mol. The van der Waals surface area contributed by atoms with E-state index in [9.17, 15) is 14.7 Å². The maximum absolute atomic E-state index is 11.9. The third kappa shape index (κ3) is 1.54. The molecule has 0 saturated carbocycles. The van der Waals surface area contributed by atoms with E-state index in [1.165, 1.54) is 0 Å². The minimum absolute atomic E-state index is 0.154. The first-order chi connectivity index (χ1) is 7.66. The summed E-state index contributed by atoms with van der Waals surface area (Å²) in [4.78, 5) is 23.4. The minimum Gasteiger partial charge on any atom is -0.507 e. The van der Waals surface area contributed by atoms with Crippen LogP contribution < -0.4 is 0 Å². The quantitative estimate of drug-likeness (QED) is 0.571. The fourth-order valence-electron chi connectivity index (χ4n) is 2.22. The Labute approximate surface area is 93.6 Å². The summed E-state index contributed by atoms with van der Waals surface area (Å²) >= 11 is 0. The van der Waals surface area contributed by atoms with Gasteiger partial charge in [-0.1, -0.05) is 0 Å². The zero-order valence-electron chi connectivity index (χ0n) is 9.21. The van der Waals surface area contributed by atoms with Crippen LogP contribution >= 0.6 is 0 Å². The number of carbonyl (C=O) groups is 2. The molecule has 0 aliphatic heterocycles. The number of hydrogen-bond acceptors (Lipinski definition) is 4. The summed E-state index contributed by atoms with van der Waals surface area (Å²) < 4.78 is 4.77. The molecule has 0 amide bonds. The number of aliphatic hydroxyl groups excluding tert-OH is 1. The molecule has 1 N–H and O–H groups in total. The summed E-state index contributed by atoms with van der Waals surface area (Å²) in [5.74, 6) is -1.21. The summed E-state index contributed by atoms with van der Waals surface area (Å²) in [6, 6.07) is 0. The van der Waals surface area contributed by atoms with Gasteiger partial charge in [-0.2, -0.15) is 0 Å². The van der Waals surface area contributed by atoms with Crippen molar-refractivity contribution in [3.05, 3.63) is 22.5 Å². The summed E-state index contributed by atoms with van der Waals surface area (Å²) in [6.45, 7) is 1.87. The van der Waals surface area contributed by atoms with E-state index >= 15 is 0 Å². The summed E-state index contributed by atoms with van der Waals surface area (Å²) in [6.07, 6.45) is 3.22. The van der Waals surface area contributed by atoms with E-state index < -0.39 is 5.97 Å². The first-order valence-corrected chi connectivity index (χ1v) is 5.54. The average Bonchev–Trinajstić information content (AvgIpc) is 2.53. The van der Waals surface area contributed by atoms with E-state index in [1.807, 2.05) is 0 Å². The number of allylic oxidation sites excluding steroid dienone is 2. The summed E-state index contributed by atoms with van der Waals surface area (Å²) in [5.41, 5.74) is 1.08. The highest BCUT2D eigenvalue weighted by atomic mass is 16.5. The SMILES string of the molecule is CCOC(=O)C1=C(O)C2=C(CCCC2)C1=O. The first-order valence-electron chi connectivity index (χ1n) is 5.54. The van der Waals surface area contributed by atoms with Crippen LogP contribution in [0.2, 0.25) is 0 Å². The van der Waals surface area contributed by atoms with Crippen LogP contribution in [0.15, 0.2) is 22.5 Å². The third-order valence-corrected chi connectivity index (χ3v) is 2.97. The highest BCUT2D eigenvalue weighted by molar-refractivity contribution is 6.27. The molecule has 0 atom stereocenters. The van der Waals surface area contributed by atoms with Crippen LogP contribution in [0.3, 0.4) is 0 Å². The number of ether oxygens (including phenoxy) is 1. The highest BCUT2D eigenvalue weighted by Gasteiger charge is 2.37. The van der Waals surface area contributed by atoms with Gasteiger partial charge in [0, 0.05) is 11.1 Å². The van der Waals surface area contributed by atoms with E-state index in [2.05, 4.69) is 0 Å². The molecule has 16 heavy (non-hydrogen) atoms. The molecule has 4 heteroatoms. The van der Waals surface area contributed by atoms with Crippen LogP contribution in [0.5, 0.6) is 0 Å². The van der Waals surface area contributed by atoms with Gasteiger partial charge in [-0.25, -0.2) is 4.79 Å². The second-order valence-corrected chi connectivity index (χ2v) is 3.94. The van der Waals surface area contributed by atoms with Crippen molar-refractivity contribution in [2.24, 2.45) is 0 Å². The lowest BCUT2D eigenvalue weighted by atomic mass is 9.92. The number of hydrogen-bond donors (Lipinski definition) is 1. The van der Waals surface area contributed by atoms with Crippen LogP contribution in [0.4, 0.5) is 0 Å². The highest BCUT2D eigenvalue weighted by Crippen LogP contribution is 2.37. The molecule has 4 nitrogen and oxygen atoms in total. The van der Waals surface area contributed by atoms with Gasteiger partial charge in [-0.05, 0) is 32.6 Å². The van der Waals surface area contributed by atoms with Crippen LogP contribution in [0, 0.1) is 0 Å². The molecule has 2 aliphatic rings. The largest absolute Gasteiger partial charge is 0.507 e. The van der Waals surface area contributed by atoms with Gasteiger partial charge in [0.25, 0.3) is 0 Å². The molecule has 0 spiro atoms. The van der Waals surface area contributed by atoms with E-state index in [1.54, 1.807) is 6.92 Å². The normalized spacial score (nSPS) is 20.2. The van der Waals surface area contributed by atoms with Crippen molar-refractivity contribution in [3.8, 4) is 0 Å². The Morgan fingerprint density at radius 1 is 1.31 bits per heavy atom. The van der Waals surface area contributed by atoms with E-state index in [4.69, 9.17) is 4.74 Å². The molecule has 2 rings (SSSR count). The first kappa shape index (κ1) is 10.9. The second kappa shape index (κ2) is 4.12. The van der Waals surface area contributed by atoms with Gasteiger partial charge in [-0.3, -0.25) is 4.79 Å². The maximum atomic E-state index is 11.9. The monoisotopic (exact) mass is 222 g/mol. The topological polar surface area (TPSA) is 63.6 Å². The Morgan fingerprint density at radius 3 is 2.50 bits per heavy atom. The molecule has 86 valence electrons. The zero-order valence-corrected chi connectivity index (χ0v) is 9.21. The predicted octanol–water partition coefficient (Wildman–Crippen LogP) is 1.81. The fourth-order valence-corrected chi connectivity index (χ4v) is 2.22. The number of Topliss-reactive ketones (excluding diaryl/α,β-unsaturated/α-hetero) is 1. The number of ketones is 1. The molecule has 0 aromatic carbocycles. The molecule has 0 aromatic heterocycles. The Kier molecular flexibility index (Phi) is 2.81. The van der Waals surface area contributed by atoms with Gasteiger partial charge in [0.05, 0.1) is 6.61 Å². The smallest absolute Gasteiger partial charge is 0.345 e. The molecule has 0 bridgehead atoms. The number of aliphatic hydroxyl groups is 1. The lowest BCUT2D eigenvalue weighted by Gasteiger charge is -2.12. The van der Waals surface area contributed by atoms with Crippen molar-refractivity contribution in [2.75, 3.05) is 6.61 Å². The standard InChI is InChI=1S/C12H14O4/c1-2-16-12(15)9-10(13)7-5-3-4-6-8(7)11(9)14/h13H,2-6H2,1H3. The maximum Gasteiger partial charge on any atom is 0.345 e. The number of rotatable bonds is 2. The molecular formula is C12H14O4. The number of carbonyl (C=O) groups excluding carboxylic acids is 2. The molecule has 2 aliphatic carbocycles. The Hall–Kier alpha value is -1.58. The van der Waals surface area contributed by atoms with Crippen molar-refractivity contribution >= 4 is 11.8 Å². The van der Waals surface area contributed by atoms with Gasteiger partial charge >= 0.3 is 5.97 Å². The van der Waals surface area contributed by atoms with E-state index in [0.717, 1.165) is 12.8 Å². The minimum atomic E-state index is -0.709. The van der Waals surface area contributed by atoms with Crippen molar-refractivity contribution in [3.63, 3.8) is 0 Å². The van der Waals surface area contributed by atoms with Crippen molar-refractivity contribution in [2.45, 2.75) is 32.6 Å². The van der Waals surface area contributed by atoms with Gasteiger partial charge in [-0.15, -0.1) is 0 Å². The third-order valence-electron chi connectivity index (χ3n) is 2.97. The Bertz CT molecular complexity index is 415. The lowest BCUT2D eigenvalue weighted by molar-refractivity contribution is -0.139. The van der Waals surface area contributed by atoms with E-state index in [-0.39, 0.29) is 23.7 Å². The van der Waals surface area contributed by atoms with E-state index in [0.29, 0.717) is 24.0 Å². The van der Waals surface area contributed by atoms with Crippen molar-refractivity contribution < 1.29 is 19.4 Å². The molecule has 0 radical (unpaired) electrons. The van der Waals surface area contributed by atoms with Gasteiger partial charge in [0.15, 0.2) is 0 Å². The van der Waals surface area contributed by atoms with Gasteiger partial charge in [0.1, 0.15) is 11.3 Å². The molecule has 0 saturated heterocycles. The number of esters is 1. The van der Waals surface area contributed by atoms with Gasteiger partial charge in [0.2, 0.25) is 5.78 Å². The average molecular weight is 222 g/mol. The second-order valence-electron chi connectivity index (χ2n) is 3.94. The fraction of sp³-hybridized carbons (Fsp3) is 0.500. The van der Waals surface area contributed by atoms with Crippen molar-refractivity contribution in [1.82, 2.24) is 0 Å². The Balaban J connectivity index is 2.33. The molecule has 0 unspecified atom stereocenters. The molecular weight excluding hydrogens is 208 g/mol. The molecule has 0 fully saturated rings. The van der Waals surface area contributed by atoms with Crippen LogP contribution in [-0.2, 0) is 14.3 Å².